The van der Waals surface area contributed by atoms with Crippen LogP contribution in [0.4, 0.5) is 0 Å². The van der Waals surface area contributed by atoms with Crippen LogP contribution in [0.3, 0.4) is 0 Å². The molecule has 0 spiro atoms. The normalized spacial score (nSPS) is 9.46. The summed E-state index contributed by atoms with van der Waals surface area (Å²) in [5, 5.41) is 27.5. The summed E-state index contributed by atoms with van der Waals surface area (Å²) in [4.78, 5) is 10.9. The van der Waals surface area contributed by atoms with Crippen LogP contribution in [0, 0.1) is 10.7 Å². The average Bonchev–Trinajstić information content (AvgIpc) is 2.36. The molecule has 0 aliphatic carbocycles. The lowest BCUT2D eigenvalue weighted by Gasteiger charge is -2.02. The largest absolute Gasteiger partial charge is 0.494 e. The van der Waals surface area contributed by atoms with E-state index in [2.05, 4.69) is 0 Å². The highest BCUT2D eigenvalue weighted by Crippen LogP contribution is 2.21. The van der Waals surface area contributed by atoms with Gasteiger partial charge in [0.05, 0.1) is 6.54 Å². The summed E-state index contributed by atoms with van der Waals surface area (Å²) < 4.78 is 1.01. The predicted molar refractivity (Wildman–Crippen MR) is 46.0 cm³/mol. The van der Waals surface area contributed by atoms with Crippen molar-refractivity contribution in [2.24, 2.45) is 0 Å². The molecule has 0 radical (unpaired) electrons. The Kier molecular flexibility index (Phi) is 2.82. The van der Waals surface area contributed by atoms with E-state index in [0.717, 1.165) is 4.57 Å². The standard InChI is InChI=1S/C7H6N2O3S/c8-4-13-7(12)3-9-5(10)1-2-6(9)11/h1-2,10-11H,3H2. The molecule has 0 aromatic carbocycles. The summed E-state index contributed by atoms with van der Waals surface area (Å²) >= 11 is 0.471. The minimum atomic E-state index is -0.440. The van der Waals surface area contributed by atoms with Crippen molar-refractivity contribution in [1.29, 1.82) is 5.26 Å². The fourth-order valence-electron chi connectivity index (χ4n) is 0.821. The first-order valence-corrected chi connectivity index (χ1v) is 4.13. The summed E-state index contributed by atoms with van der Waals surface area (Å²) in [5.74, 6) is -0.409. The van der Waals surface area contributed by atoms with E-state index in [0.29, 0.717) is 11.8 Å². The van der Waals surface area contributed by atoms with Crippen LogP contribution >= 0.6 is 11.8 Å². The lowest BCUT2D eigenvalue weighted by molar-refractivity contribution is -0.111. The number of thioether (sulfide) groups is 1. The number of nitrogens with zero attached hydrogens (tertiary/aromatic N) is 2. The molecule has 6 heteroatoms. The van der Waals surface area contributed by atoms with Gasteiger partial charge < -0.3 is 10.2 Å². The number of hydrogen-bond donors (Lipinski definition) is 2. The molecule has 68 valence electrons. The monoisotopic (exact) mass is 198 g/mol. The number of nitriles is 1. The molecule has 5 nitrogen and oxygen atoms in total. The molecule has 0 amide bonds. The molecule has 0 fully saturated rings. The Balaban J connectivity index is 2.75. The lowest BCUT2D eigenvalue weighted by atomic mass is 10.6. The van der Waals surface area contributed by atoms with E-state index in [1.54, 1.807) is 5.40 Å². The number of carbonyl (C=O) groups excluding carboxylic acids is 1. The molecule has 0 saturated heterocycles. The smallest absolute Gasteiger partial charge is 0.223 e. The summed E-state index contributed by atoms with van der Waals surface area (Å²) in [6.07, 6.45) is 0. The number of rotatable bonds is 2. The average molecular weight is 198 g/mol. The molecule has 1 rings (SSSR count). The van der Waals surface area contributed by atoms with E-state index < -0.39 is 5.12 Å². The van der Waals surface area contributed by atoms with Crippen molar-refractivity contribution in [3.63, 3.8) is 0 Å². The Bertz CT molecular complexity index is 347. The van der Waals surface area contributed by atoms with Crippen LogP contribution in [-0.4, -0.2) is 19.9 Å². The number of hydrogen-bond acceptors (Lipinski definition) is 5. The van der Waals surface area contributed by atoms with Crippen molar-refractivity contribution in [3.05, 3.63) is 12.1 Å². The van der Waals surface area contributed by atoms with Crippen molar-refractivity contribution < 1.29 is 15.0 Å². The molecule has 1 aromatic heterocycles. The van der Waals surface area contributed by atoms with E-state index in [1.807, 2.05) is 0 Å². The van der Waals surface area contributed by atoms with Crippen LogP contribution in [0.15, 0.2) is 12.1 Å². The van der Waals surface area contributed by atoms with Gasteiger partial charge in [0, 0.05) is 23.9 Å². The maximum atomic E-state index is 10.9. The molecule has 0 bridgehead atoms. The summed E-state index contributed by atoms with van der Waals surface area (Å²) in [7, 11) is 0. The van der Waals surface area contributed by atoms with Crippen molar-refractivity contribution in [2.75, 3.05) is 0 Å². The van der Waals surface area contributed by atoms with Crippen LogP contribution in [0.25, 0.3) is 0 Å². The van der Waals surface area contributed by atoms with Crippen LogP contribution in [0.1, 0.15) is 0 Å². The van der Waals surface area contributed by atoms with E-state index in [9.17, 15) is 4.79 Å². The van der Waals surface area contributed by atoms with Crippen molar-refractivity contribution in [3.8, 4) is 17.2 Å². The van der Waals surface area contributed by atoms with E-state index in [1.165, 1.54) is 12.1 Å². The Hall–Kier alpha value is -1.61. The maximum absolute atomic E-state index is 10.9. The number of aromatic nitrogens is 1. The van der Waals surface area contributed by atoms with Crippen LogP contribution in [0.5, 0.6) is 11.8 Å². The van der Waals surface area contributed by atoms with Gasteiger partial charge in [0.1, 0.15) is 5.40 Å². The zero-order valence-electron chi connectivity index (χ0n) is 6.47. The van der Waals surface area contributed by atoms with Gasteiger partial charge in [-0.1, -0.05) is 0 Å². The Morgan fingerprint density at radius 3 is 2.54 bits per heavy atom. The Morgan fingerprint density at radius 1 is 1.54 bits per heavy atom. The first-order valence-electron chi connectivity index (χ1n) is 3.31. The molecule has 1 aromatic rings. The molecule has 1 heterocycles. The van der Waals surface area contributed by atoms with Gasteiger partial charge in [-0.05, 0) is 0 Å². The van der Waals surface area contributed by atoms with Crippen molar-refractivity contribution in [2.45, 2.75) is 6.54 Å². The third-order valence-corrected chi connectivity index (χ3v) is 1.83. The highest BCUT2D eigenvalue weighted by Gasteiger charge is 2.10. The second kappa shape index (κ2) is 3.87. The van der Waals surface area contributed by atoms with Crippen LogP contribution in [-0.2, 0) is 11.3 Å². The van der Waals surface area contributed by atoms with Gasteiger partial charge in [0.2, 0.25) is 5.12 Å². The van der Waals surface area contributed by atoms with Gasteiger partial charge in [-0.15, -0.1) is 0 Å². The predicted octanol–water partition coefficient (Wildman–Crippen LogP) is 0.640. The first-order chi connectivity index (χ1) is 6.15. The van der Waals surface area contributed by atoms with Gasteiger partial charge in [-0.2, -0.15) is 5.26 Å². The van der Waals surface area contributed by atoms with E-state index >= 15 is 0 Å². The summed E-state index contributed by atoms with van der Waals surface area (Å²) in [6.45, 7) is -0.219. The van der Waals surface area contributed by atoms with Crippen molar-refractivity contribution >= 4 is 16.9 Å². The zero-order valence-corrected chi connectivity index (χ0v) is 7.28. The highest BCUT2D eigenvalue weighted by molar-refractivity contribution is 8.17. The van der Waals surface area contributed by atoms with Crippen molar-refractivity contribution in [1.82, 2.24) is 4.57 Å². The lowest BCUT2D eigenvalue weighted by Crippen LogP contribution is -2.04. The SMILES string of the molecule is N#CSC(=O)Cn1c(O)ccc1O. The molecular formula is C7H6N2O3S. The van der Waals surface area contributed by atoms with E-state index in [-0.39, 0.29) is 18.3 Å². The van der Waals surface area contributed by atoms with Gasteiger partial charge in [0.15, 0.2) is 11.8 Å². The maximum Gasteiger partial charge on any atom is 0.223 e. The molecule has 0 atom stereocenters. The van der Waals surface area contributed by atoms with Gasteiger partial charge >= 0.3 is 0 Å². The third-order valence-electron chi connectivity index (χ3n) is 1.38. The Labute approximate surface area is 78.2 Å². The first kappa shape index (κ1) is 9.48. The summed E-state index contributed by atoms with van der Waals surface area (Å²) in [5.41, 5.74) is 0. The minimum Gasteiger partial charge on any atom is -0.494 e. The molecule has 0 unspecified atom stereocenters. The summed E-state index contributed by atoms with van der Waals surface area (Å²) in [6, 6.07) is 2.53. The number of aromatic hydroxyl groups is 2. The zero-order chi connectivity index (χ0) is 9.84. The second-order valence-electron chi connectivity index (χ2n) is 2.20. The molecule has 0 saturated carbocycles. The molecule has 13 heavy (non-hydrogen) atoms. The quantitative estimate of drug-likeness (QED) is 0.681. The fourth-order valence-corrected chi connectivity index (χ4v) is 1.12. The fraction of sp³-hybridized carbons (Fsp3) is 0.143. The second-order valence-corrected chi connectivity index (χ2v) is 3.04. The van der Waals surface area contributed by atoms with Gasteiger partial charge in [-0.3, -0.25) is 9.36 Å². The van der Waals surface area contributed by atoms with Crippen LogP contribution in [0.2, 0.25) is 0 Å². The number of thiocyanates is 1. The van der Waals surface area contributed by atoms with E-state index in [4.69, 9.17) is 15.5 Å². The van der Waals surface area contributed by atoms with Crippen LogP contribution < -0.4 is 0 Å². The third kappa shape index (κ3) is 2.16. The number of carbonyl (C=O) groups is 1. The topological polar surface area (TPSA) is 86.2 Å². The molecular weight excluding hydrogens is 192 g/mol. The molecule has 2 N–H and O–H groups in total. The minimum absolute atomic E-state index is 0.204. The molecule has 0 aliphatic rings. The molecule has 0 aliphatic heterocycles. The highest BCUT2D eigenvalue weighted by atomic mass is 32.2. The van der Waals surface area contributed by atoms with Gasteiger partial charge in [-0.25, -0.2) is 0 Å². The van der Waals surface area contributed by atoms with Gasteiger partial charge in [0.25, 0.3) is 0 Å². The Morgan fingerprint density at radius 2 is 2.08 bits per heavy atom.